The zero-order valence-electron chi connectivity index (χ0n) is 16.6. The number of nitrogens with one attached hydrogen (secondary N) is 1. The van der Waals surface area contributed by atoms with E-state index in [4.69, 9.17) is 26.0 Å². The number of ether oxygens (including phenoxy) is 1. The van der Waals surface area contributed by atoms with E-state index >= 15 is 0 Å². The number of hydrogen-bond donors (Lipinski definition) is 1. The smallest absolute Gasteiger partial charge is 0.340 e. The maximum absolute atomic E-state index is 12.7. The lowest BCUT2D eigenvalue weighted by atomic mass is 10.2. The molecular formula is C23H20ClN3O4. The Hall–Kier alpha value is -3.76. The summed E-state index contributed by atoms with van der Waals surface area (Å²) in [6.45, 7) is 0.0880. The van der Waals surface area contributed by atoms with Crippen molar-refractivity contribution in [3.63, 3.8) is 0 Å². The Morgan fingerprint density at radius 2 is 1.97 bits per heavy atom. The van der Waals surface area contributed by atoms with Gasteiger partial charge in [-0.25, -0.2) is 4.79 Å². The maximum Gasteiger partial charge on any atom is 0.340 e. The van der Waals surface area contributed by atoms with Gasteiger partial charge in [-0.1, -0.05) is 29.8 Å². The number of para-hydroxylation sites is 1. The van der Waals surface area contributed by atoms with Gasteiger partial charge in [-0.3, -0.25) is 4.79 Å². The van der Waals surface area contributed by atoms with Crippen LogP contribution in [0, 0.1) is 11.3 Å². The second-order valence-corrected chi connectivity index (χ2v) is 6.92. The molecule has 0 fully saturated rings. The first kappa shape index (κ1) is 21.9. The number of amides is 1. The van der Waals surface area contributed by atoms with Crippen molar-refractivity contribution >= 4 is 34.9 Å². The van der Waals surface area contributed by atoms with Crippen molar-refractivity contribution < 1.29 is 18.7 Å². The predicted molar refractivity (Wildman–Crippen MR) is 117 cm³/mol. The van der Waals surface area contributed by atoms with E-state index in [9.17, 15) is 9.59 Å². The number of nitrogens with zero attached hydrogens (tertiary/aromatic N) is 2. The fraction of sp³-hybridized carbons (Fsp3) is 0.174. The molecule has 0 aliphatic carbocycles. The van der Waals surface area contributed by atoms with Crippen LogP contribution < -0.4 is 10.2 Å². The molecular weight excluding hydrogens is 418 g/mol. The number of benzene rings is 2. The third-order valence-corrected chi connectivity index (χ3v) is 4.61. The van der Waals surface area contributed by atoms with Crippen LogP contribution in [0.5, 0.6) is 0 Å². The predicted octanol–water partition coefficient (Wildman–Crippen LogP) is 4.65. The summed E-state index contributed by atoms with van der Waals surface area (Å²) in [7, 11) is 0. The van der Waals surface area contributed by atoms with Gasteiger partial charge < -0.3 is 19.4 Å². The Morgan fingerprint density at radius 1 is 1.13 bits per heavy atom. The summed E-state index contributed by atoms with van der Waals surface area (Å²) in [6.07, 6.45) is 1.70. The monoisotopic (exact) mass is 437 g/mol. The van der Waals surface area contributed by atoms with Crippen LogP contribution in [0.3, 0.4) is 0 Å². The number of carbonyl (C=O) groups excluding carboxylic acids is 2. The number of halogens is 1. The molecule has 0 aliphatic rings. The summed E-state index contributed by atoms with van der Waals surface area (Å²) in [5.74, 6) is -0.373. The molecule has 3 aromatic rings. The minimum Gasteiger partial charge on any atom is -0.467 e. The normalized spacial score (nSPS) is 10.2. The summed E-state index contributed by atoms with van der Waals surface area (Å²) < 4.78 is 10.6. The van der Waals surface area contributed by atoms with E-state index in [-0.39, 0.29) is 13.0 Å². The average Bonchev–Trinajstić information content (AvgIpc) is 3.30. The molecule has 1 amide bonds. The van der Waals surface area contributed by atoms with Crippen LogP contribution in [-0.2, 0) is 16.1 Å². The minimum absolute atomic E-state index is 0.131. The van der Waals surface area contributed by atoms with Gasteiger partial charge in [0.15, 0.2) is 6.61 Å². The van der Waals surface area contributed by atoms with Gasteiger partial charge in [-0.15, -0.1) is 0 Å². The highest BCUT2D eigenvalue weighted by Crippen LogP contribution is 2.21. The SMILES string of the molecule is N#CCCN(C(=O)COC(=O)c1ccccc1NCc1ccco1)c1cccc(Cl)c1. The molecule has 0 saturated carbocycles. The summed E-state index contributed by atoms with van der Waals surface area (Å²) in [5.41, 5.74) is 1.39. The van der Waals surface area contributed by atoms with Crippen LogP contribution in [0.15, 0.2) is 71.3 Å². The van der Waals surface area contributed by atoms with E-state index < -0.39 is 18.5 Å². The highest BCUT2D eigenvalue weighted by molar-refractivity contribution is 6.30. The Labute approximate surface area is 184 Å². The largest absolute Gasteiger partial charge is 0.467 e. The molecule has 0 aliphatic heterocycles. The van der Waals surface area contributed by atoms with Crippen molar-refractivity contribution in [1.82, 2.24) is 0 Å². The molecule has 0 spiro atoms. The number of nitriles is 1. The summed E-state index contributed by atoms with van der Waals surface area (Å²) in [6, 6.07) is 19.2. The van der Waals surface area contributed by atoms with Crippen LogP contribution >= 0.6 is 11.6 Å². The van der Waals surface area contributed by atoms with Crippen LogP contribution in [-0.4, -0.2) is 25.0 Å². The summed E-state index contributed by atoms with van der Waals surface area (Å²) in [4.78, 5) is 26.7. The van der Waals surface area contributed by atoms with Gasteiger partial charge in [0, 0.05) is 22.9 Å². The zero-order valence-corrected chi connectivity index (χ0v) is 17.3. The zero-order chi connectivity index (χ0) is 22.1. The highest BCUT2D eigenvalue weighted by Gasteiger charge is 2.19. The molecule has 2 aromatic carbocycles. The van der Waals surface area contributed by atoms with Gasteiger partial charge in [0.05, 0.1) is 30.9 Å². The lowest BCUT2D eigenvalue weighted by molar-refractivity contribution is -0.121. The number of furan rings is 1. The van der Waals surface area contributed by atoms with Crippen molar-refractivity contribution in [2.75, 3.05) is 23.4 Å². The first-order valence-electron chi connectivity index (χ1n) is 9.54. The van der Waals surface area contributed by atoms with Gasteiger partial charge in [0.1, 0.15) is 5.76 Å². The lowest BCUT2D eigenvalue weighted by Gasteiger charge is -2.22. The number of rotatable bonds is 9. The molecule has 8 heteroatoms. The van der Waals surface area contributed by atoms with E-state index in [1.807, 2.05) is 12.1 Å². The minimum atomic E-state index is -0.637. The third-order valence-electron chi connectivity index (χ3n) is 4.38. The molecule has 1 heterocycles. The Balaban J connectivity index is 1.66. The molecule has 0 bridgehead atoms. The molecule has 0 radical (unpaired) electrons. The third kappa shape index (κ3) is 6.11. The topological polar surface area (TPSA) is 95.6 Å². The number of anilines is 2. The Kier molecular flexibility index (Phi) is 7.68. The van der Waals surface area contributed by atoms with Gasteiger partial charge in [-0.2, -0.15) is 5.26 Å². The number of carbonyl (C=O) groups is 2. The average molecular weight is 438 g/mol. The molecule has 31 heavy (non-hydrogen) atoms. The Bertz CT molecular complexity index is 1080. The fourth-order valence-electron chi connectivity index (χ4n) is 2.90. The van der Waals surface area contributed by atoms with E-state index in [1.165, 1.54) is 4.90 Å². The first-order valence-corrected chi connectivity index (χ1v) is 9.91. The Morgan fingerprint density at radius 3 is 2.71 bits per heavy atom. The second kappa shape index (κ2) is 10.9. The van der Waals surface area contributed by atoms with Crippen molar-refractivity contribution in [2.45, 2.75) is 13.0 Å². The van der Waals surface area contributed by atoms with Crippen molar-refractivity contribution in [2.24, 2.45) is 0 Å². The fourth-order valence-corrected chi connectivity index (χ4v) is 3.08. The molecule has 1 aromatic heterocycles. The molecule has 3 rings (SSSR count). The maximum atomic E-state index is 12.7. The summed E-state index contributed by atoms with van der Waals surface area (Å²) >= 11 is 6.02. The number of hydrogen-bond acceptors (Lipinski definition) is 6. The second-order valence-electron chi connectivity index (χ2n) is 6.49. The van der Waals surface area contributed by atoms with Crippen LogP contribution in [0.25, 0.3) is 0 Å². The van der Waals surface area contributed by atoms with Gasteiger partial charge in [-0.05, 0) is 42.5 Å². The van der Waals surface area contributed by atoms with Gasteiger partial charge >= 0.3 is 5.97 Å². The van der Waals surface area contributed by atoms with Crippen molar-refractivity contribution in [3.05, 3.63) is 83.3 Å². The van der Waals surface area contributed by atoms with Crippen LogP contribution in [0.4, 0.5) is 11.4 Å². The first-order chi connectivity index (χ1) is 15.1. The number of esters is 1. The van der Waals surface area contributed by atoms with Gasteiger partial charge in [0.2, 0.25) is 0 Å². The van der Waals surface area contributed by atoms with Crippen LogP contribution in [0.2, 0.25) is 5.02 Å². The molecule has 158 valence electrons. The van der Waals surface area contributed by atoms with E-state index in [1.54, 1.807) is 60.9 Å². The van der Waals surface area contributed by atoms with Crippen molar-refractivity contribution in [1.29, 1.82) is 5.26 Å². The van der Waals surface area contributed by atoms with E-state index in [0.29, 0.717) is 34.3 Å². The molecule has 7 nitrogen and oxygen atoms in total. The molecule has 0 unspecified atom stereocenters. The quantitative estimate of drug-likeness (QED) is 0.489. The standard InChI is InChI=1S/C23H20ClN3O4/c24-17-6-3-7-18(14-17)27(12-5-11-25)22(28)16-31-23(29)20-9-1-2-10-21(20)26-15-19-8-4-13-30-19/h1-4,6-10,13-14,26H,5,12,15-16H2. The van der Waals surface area contributed by atoms with E-state index in [0.717, 1.165) is 0 Å². The molecule has 0 atom stereocenters. The molecule has 1 N–H and O–H groups in total. The molecule has 0 saturated heterocycles. The van der Waals surface area contributed by atoms with Crippen molar-refractivity contribution in [3.8, 4) is 6.07 Å². The van der Waals surface area contributed by atoms with E-state index in [2.05, 4.69) is 5.32 Å². The summed E-state index contributed by atoms with van der Waals surface area (Å²) in [5, 5.41) is 12.5. The lowest BCUT2D eigenvalue weighted by Crippen LogP contribution is -2.35. The van der Waals surface area contributed by atoms with Crippen LogP contribution in [0.1, 0.15) is 22.5 Å². The van der Waals surface area contributed by atoms with Gasteiger partial charge in [0.25, 0.3) is 5.91 Å². The highest BCUT2D eigenvalue weighted by atomic mass is 35.5.